The summed E-state index contributed by atoms with van der Waals surface area (Å²) in [6.45, 7) is 2.35. The zero-order valence-corrected chi connectivity index (χ0v) is 21.9. The van der Waals surface area contributed by atoms with E-state index in [-0.39, 0.29) is 24.6 Å². The fraction of sp³-hybridized carbons (Fsp3) is 0.355. The smallest absolute Gasteiger partial charge is 0.256 e. The summed E-state index contributed by atoms with van der Waals surface area (Å²) in [7, 11) is 1.57. The third kappa shape index (κ3) is 3.34. The van der Waals surface area contributed by atoms with Crippen LogP contribution in [0, 0.1) is 0 Å². The molecule has 200 valence electrons. The largest absolute Gasteiger partial charge is 0.492 e. The first kappa shape index (κ1) is 24.0. The van der Waals surface area contributed by atoms with Crippen molar-refractivity contribution in [3.63, 3.8) is 0 Å². The fourth-order valence-corrected chi connectivity index (χ4v) is 7.37. The monoisotopic (exact) mass is 526 g/mol. The molecule has 2 saturated heterocycles. The number of rotatable bonds is 4. The number of fused-ring (bicyclic) bond motifs is 6. The van der Waals surface area contributed by atoms with E-state index in [1.165, 1.54) is 0 Å². The Kier molecular flexibility index (Phi) is 5.39. The SMILES string of the molecule is COc1c2c(cc3c1[C@H](c1ccccc1)[C@@]1(O)C(=O)N4C[C@H](Cc5ccccc5)N(C(C)=O)C[C@@H]4[C@@H]31)OCO2. The maximum atomic E-state index is 14.4. The lowest BCUT2D eigenvalue weighted by Gasteiger charge is -2.44. The normalized spacial score (nSPS) is 28.2. The van der Waals surface area contributed by atoms with Gasteiger partial charge in [0.2, 0.25) is 18.4 Å². The number of piperazine rings is 1. The Balaban J connectivity index is 1.38. The van der Waals surface area contributed by atoms with E-state index in [4.69, 9.17) is 14.2 Å². The molecular weight excluding hydrogens is 496 g/mol. The van der Waals surface area contributed by atoms with Crippen LogP contribution < -0.4 is 14.2 Å². The van der Waals surface area contributed by atoms with Gasteiger partial charge in [-0.15, -0.1) is 0 Å². The highest BCUT2D eigenvalue weighted by molar-refractivity contribution is 5.95. The molecule has 0 saturated carbocycles. The number of hydrogen-bond acceptors (Lipinski definition) is 6. The third-order valence-electron chi connectivity index (χ3n) is 8.90. The Hall–Kier alpha value is -4.04. The summed E-state index contributed by atoms with van der Waals surface area (Å²) in [6.07, 6.45) is 0.630. The average Bonchev–Trinajstić information content (AvgIpc) is 3.58. The van der Waals surface area contributed by atoms with Crippen molar-refractivity contribution in [2.75, 3.05) is 27.0 Å². The van der Waals surface area contributed by atoms with Crippen LogP contribution in [0.1, 0.15) is 41.0 Å². The predicted molar refractivity (Wildman–Crippen MR) is 142 cm³/mol. The summed E-state index contributed by atoms with van der Waals surface area (Å²) < 4.78 is 17.4. The second kappa shape index (κ2) is 8.74. The summed E-state index contributed by atoms with van der Waals surface area (Å²) in [5, 5.41) is 12.6. The lowest BCUT2D eigenvalue weighted by molar-refractivity contribution is -0.149. The van der Waals surface area contributed by atoms with Crippen molar-refractivity contribution in [3.05, 3.63) is 89.0 Å². The van der Waals surface area contributed by atoms with Crippen molar-refractivity contribution >= 4 is 11.8 Å². The van der Waals surface area contributed by atoms with Crippen molar-refractivity contribution in [1.82, 2.24) is 9.80 Å². The number of aliphatic hydroxyl groups is 1. The van der Waals surface area contributed by atoms with Crippen molar-refractivity contribution in [3.8, 4) is 17.2 Å². The van der Waals surface area contributed by atoms with Crippen LogP contribution in [0.25, 0.3) is 0 Å². The number of hydrogen-bond donors (Lipinski definition) is 1. The molecule has 5 atom stereocenters. The van der Waals surface area contributed by atoms with Gasteiger partial charge in [0.1, 0.15) is 0 Å². The van der Waals surface area contributed by atoms with E-state index in [1.54, 1.807) is 14.0 Å². The average molecular weight is 527 g/mol. The maximum absolute atomic E-state index is 14.4. The van der Waals surface area contributed by atoms with E-state index in [1.807, 2.05) is 76.5 Å². The highest BCUT2D eigenvalue weighted by Crippen LogP contribution is 2.64. The molecule has 2 amide bonds. The van der Waals surface area contributed by atoms with Crippen LogP contribution in [0.5, 0.6) is 17.2 Å². The van der Waals surface area contributed by atoms with E-state index in [9.17, 15) is 14.7 Å². The minimum absolute atomic E-state index is 0.0421. The molecule has 0 radical (unpaired) electrons. The molecule has 0 unspecified atom stereocenters. The molecule has 3 aromatic carbocycles. The van der Waals surface area contributed by atoms with E-state index in [0.717, 1.165) is 22.3 Å². The number of methoxy groups -OCH3 is 1. The van der Waals surface area contributed by atoms with Crippen molar-refractivity contribution in [2.45, 2.75) is 42.9 Å². The maximum Gasteiger partial charge on any atom is 0.256 e. The zero-order chi connectivity index (χ0) is 26.9. The zero-order valence-electron chi connectivity index (χ0n) is 21.9. The van der Waals surface area contributed by atoms with Crippen LogP contribution in [0.2, 0.25) is 0 Å². The van der Waals surface area contributed by atoms with Gasteiger partial charge >= 0.3 is 0 Å². The standard InChI is InChI=1S/C31H30N2O6/c1-18(34)32-16-23-27-22-14-24-28(39-17-38-24)29(37-2)25(22)26(20-11-7-4-8-12-20)31(27,36)30(35)33(23)15-21(32)13-19-9-5-3-6-10-19/h3-12,14,21,23,26-27,36H,13,15-17H2,1-2H3/t21-,23+,26-,27+,31-/m0/s1. The number of ether oxygens (including phenoxy) is 3. The van der Waals surface area contributed by atoms with Crippen LogP contribution in [0.15, 0.2) is 66.7 Å². The van der Waals surface area contributed by atoms with Gasteiger partial charge in [-0.05, 0) is 29.2 Å². The Morgan fingerprint density at radius 3 is 2.49 bits per heavy atom. The second-order valence-electron chi connectivity index (χ2n) is 10.8. The van der Waals surface area contributed by atoms with Gasteiger partial charge in [0, 0.05) is 31.5 Å². The van der Waals surface area contributed by atoms with Crippen molar-refractivity contribution in [1.29, 1.82) is 0 Å². The molecule has 0 aromatic heterocycles. The van der Waals surface area contributed by atoms with E-state index in [0.29, 0.717) is 36.8 Å². The Bertz CT molecular complexity index is 1460. The lowest BCUT2D eigenvalue weighted by atomic mass is 9.77. The van der Waals surface area contributed by atoms with Crippen molar-refractivity contribution in [2.24, 2.45) is 0 Å². The van der Waals surface area contributed by atoms with Crippen LogP contribution >= 0.6 is 0 Å². The Labute approximate surface area is 226 Å². The van der Waals surface area contributed by atoms with Crippen LogP contribution in [0.3, 0.4) is 0 Å². The van der Waals surface area contributed by atoms with Gasteiger partial charge in [-0.1, -0.05) is 60.7 Å². The van der Waals surface area contributed by atoms with E-state index < -0.39 is 23.5 Å². The molecule has 8 nitrogen and oxygen atoms in total. The molecule has 3 heterocycles. The number of benzene rings is 3. The highest BCUT2D eigenvalue weighted by Gasteiger charge is 2.69. The lowest BCUT2D eigenvalue weighted by Crippen LogP contribution is -2.60. The number of nitrogens with zero attached hydrogens (tertiary/aromatic N) is 2. The number of amides is 2. The van der Waals surface area contributed by atoms with Gasteiger partial charge < -0.3 is 29.1 Å². The highest BCUT2D eigenvalue weighted by atomic mass is 16.7. The van der Waals surface area contributed by atoms with Crippen LogP contribution in [-0.2, 0) is 16.0 Å². The summed E-state index contributed by atoms with van der Waals surface area (Å²) >= 11 is 0. The van der Waals surface area contributed by atoms with Gasteiger partial charge in [0.15, 0.2) is 17.1 Å². The van der Waals surface area contributed by atoms with E-state index in [2.05, 4.69) is 0 Å². The summed E-state index contributed by atoms with van der Waals surface area (Å²) in [5.41, 5.74) is 1.72. The van der Waals surface area contributed by atoms with Crippen LogP contribution in [-0.4, -0.2) is 71.4 Å². The number of carbonyl (C=O) groups is 2. The minimum atomic E-state index is -1.75. The quantitative estimate of drug-likeness (QED) is 0.562. The molecule has 0 spiro atoms. The molecular formula is C31H30N2O6. The molecule has 3 aromatic rings. The van der Waals surface area contributed by atoms with Gasteiger partial charge in [-0.3, -0.25) is 9.59 Å². The molecule has 8 heteroatoms. The molecule has 1 aliphatic carbocycles. The van der Waals surface area contributed by atoms with E-state index >= 15 is 0 Å². The minimum Gasteiger partial charge on any atom is -0.492 e. The fourth-order valence-electron chi connectivity index (χ4n) is 7.37. The third-order valence-corrected chi connectivity index (χ3v) is 8.90. The molecule has 3 aliphatic heterocycles. The van der Waals surface area contributed by atoms with Crippen molar-refractivity contribution < 1.29 is 28.9 Å². The molecule has 1 N–H and O–H groups in total. The van der Waals surface area contributed by atoms with Gasteiger partial charge in [-0.25, -0.2) is 0 Å². The van der Waals surface area contributed by atoms with Gasteiger partial charge in [0.25, 0.3) is 5.91 Å². The predicted octanol–water partition coefficient (Wildman–Crippen LogP) is 3.07. The van der Waals surface area contributed by atoms with Gasteiger partial charge in [0.05, 0.1) is 25.1 Å². The molecule has 7 rings (SSSR count). The summed E-state index contributed by atoms with van der Waals surface area (Å²) in [4.78, 5) is 31.0. The van der Waals surface area contributed by atoms with Gasteiger partial charge in [-0.2, -0.15) is 0 Å². The summed E-state index contributed by atoms with van der Waals surface area (Å²) in [5.74, 6) is -0.0897. The molecule has 4 aliphatic rings. The Morgan fingerprint density at radius 2 is 1.79 bits per heavy atom. The topological polar surface area (TPSA) is 88.5 Å². The first-order chi connectivity index (χ1) is 18.9. The molecule has 0 bridgehead atoms. The van der Waals surface area contributed by atoms with Crippen LogP contribution in [0.4, 0.5) is 0 Å². The second-order valence-corrected chi connectivity index (χ2v) is 10.8. The Morgan fingerprint density at radius 1 is 1.08 bits per heavy atom. The summed E-state index contributed by atoms with van der Waals surface area (Å²) in [6, 6.07) is 20.9. The first-order valence-electron chi connectivity index (χ1n) is 13.3. The molecule has 2 fully saturated rings. The number of carbonyl (C=O) groups excluding carboxylic acids is 2. The molecule has 39 heavy (non-hydrogen) atoms. The first-order valence-corrected chi connectivity index (χ1v) is 13.3.